The number of allylic oxidation sites excluding steroid dienone is 4. The number of hydrogen-bond donors (Lipinski definition) is 1. The fourth-order valence-electron chi connectivity index (χ4n) is 2.56. The van der Waals surface area contributed by atoms with Crippen molar-refractivity contribution in [3.8, 4) is 0 Å². The molecule has 1 aromatic rings. The van der Waals surface area contributed by atoms with Gasteiger partial charge in [-0.3, -0.25) is 4.68 Å². The summed E-state index contributed by atoms with van der Waals surface area (Å²) in [5.74, 6) is 0. The van der Waals surface area contributed by atoms with Crippen molar-refractivity contribution < 1.29 is 5.11 Å². The molecule has 0 saturated heterocycles. The monoisotopic (exact) mass is 228 g/mol. The molecule has 0 amide bonds. The van der Waals surface area contributed by atoms with Crippen LogP contribution in [0.2, 0.25) is 0 Å². The fraction of sp³-hybridized carbons (Fsp3) is 0.357. The van der Waals surface area contributed by atoms with E-state index in [0.717, 1.165) is 11.8 Å². The summed E-state index contributed by atoms with van der Waals surface area (Å²) in [6, 6.07) is 0. The van der Waals surface area contributed by atoms with Gasteiger partial charge in [-0.2, -0.15) is 5.10 Å². The number of nitrogens with zero attached hydrogens (tertiary/aromatic N) is 2. The Bertz CT molecular complexity index is 644. The highest BCUT2D eigenvalue weighted by Gasteiger charge is 2.17. The Hall–Kier alpha value is -1.61. The molecule has 1 heterocycles. The molecule has 0 fully saturated rings. The summed E-state index contributed by atoms with van der Waals surface area (Å²) in [6.07, 6.45) is 9.10. The molecule has 88 valence electrons. The van der Waals surface area contributed by atoms with Gasteiger partial charge in [-0.1, -0.05) is 12.2 Å². The van der Waals surface area contributed by atoms with E-state index in [1.54, 1.807) is 6.92 Å². The fourth-order valence-corrected chi connectivity index (χ4v) is 2.56. The molecule has 3 heteroatoms. The van der Waals surface area contributed by atoms with Crippen LogP contribution in [0.15, 0.2) is 29.5 Å². The second-order valence-corrected chi connectivity index (χ2v) is 4.80. The third-order valence-corrected chi connectivity index (χ3v) is 3.36. The first kappa shape index (κ1) is 10.5. The molecule has 2 aliphatic rings. The van der Waals surface area contributed by atoms with Gasteiger partial charge in [0.05, 0.1) is 24.2 Å². The number of fused-ring (bicyclic) bond motifs is 2. The average molecular weight is 228 g/mol. The van der Waals surface area contributed by atoms with E-state index in [9.17, 15) is 5.11 Å². The lowest BCUT2D eigenvalue weighted by molar-refractivity contribution is 0.167. The summed E-state index contributed by atoms with van der Waals surface area (Å²) in [7, 11) is 0. The third kappa shape index (κ3) is 1.58. The van der Waals surface area contributed by atoms with E-state index in [1.165, 1.54) is 21.9 Å². The Morgan fingerprint density at radius 1 is 1.53 bits per heavy atom. The first-order valence-electron chi connectivity index (χ1n) is 5.99. The Kier molecular flexibility index (Phi) is 2.30. The van der Waals surface area contributed by atoms with Crippen LogP contribution in [0.5, 0.6) is 0 Å². The molecular weight excluding hydrogens is 212 g/mol. The van der Waals surface area contributed by atoms with Gasteiger partial charge >= 0.3 is 0 Å². The van der Waals surface area contributed by atoms with Gasteiger partial charge in [0.2, 0.25) is 0 Å². The number of aromatic nitrogens is 2. The van der Waals surface area contributed by atoms with Crippen molar-refractivity contribution in [3.63, 3.8) is 0 Å². The number of rotatable bonds is 2. The van der Waals surface area contributed by atoms with Crippen LogP contribution >= 0.6 is 0 Å². The maximum absolute atomic E-state index is 9.46. The van der Waals surface area contributed by atoms with Crippen LogP contribution in [0.25, 0.3) is 11.6 Å². The molecule has 1 atom stereocenters. The maximum atomic E-state index is 9.46. The topological polar surface area (TPSA) is 38.0 Å². The Labute approximate surface area is 100 Å². The van der Waals surface area contributed by atoms with Crippen LogP contribution in [0, 0.1) is 0 Å². The molecule has 0 radical (unpaired) electrons. The largest absolute Gasteiger partial charge is 0.391 e. The van der Waals surface area contributed by atoms with Gasteiger partial charge in [-0.05, 0) is 43.1 Å². The van der Waals surface area contributed by atoms with Crippen LogP contribution in [-0.2, 0) is 6.54 Å². The van der Waals surface area contributed by atoms with E-state index in [0.29, 0.717) is 6.54 Å². The lowest BCUT2D eigenvalue weighted by Crippen LogP contribution is -2.30. The third-order valence-electron chi connectivity index (χ3n) is 3.36. The van der Waals surface area contributed by atoms with Crippen molar-refractivity contribution >= 4 is 11.6 Å². The summed E-state index contributed by atoms with van der Waals surface area (Å²) < 4.78 is 1.89. The van der Waals surface area contributed by atoms with Gasteiger partial charge in [0.25, 0.3) is 0 Å². The van der Waals surface area contributed by atoms with Gasteiger partial charge in [-0.25, -0.2) is 0 Å². The number of aliphatic hydroxyl groups excluding tert-OH is 1. The van der Waals surface area contributed by atoms with Crippen LogP contribution in [0.1, 0.15) is 20.3 Å². The SMILES string of the molecule is CC1=C2C=c3c(cnn3CC(C)O)=C2CC=C1. The average Bonchev–Trinajstić information content (AvgIpc) is 2.80. The Morgan fingerprint density at radius 2 is 2.35 bits per heavy atom. The Balaban J connectivity index is 2.20. The summed E-state index contributed by atoms with van der Waals surface area (Å²) in [6.45, 7) is 4.48. The molecule has 3 rings (SSSR count). The minimum absolute atomic E-state index is 0.367. The lowest BCUT2D eigenvalue weighted by atomic mass is 9.95. The van der Waals surface area contributed by atoms with E-state index in [4.69, 9.17) is 0 Å². The van der Waals surface area contributed by atoms with E-state index in [2.05, 4.69) is 30.3 Å². The molecule has 0 bridgehead atoms. The smallest absolute Gasteiger partial charge is 0.0708 e. The van der Waals surface area contributed by atoms with Crippen molar-refractivity contribution in [3.05, 3.63) is 40.1 Å². The predicted molar refractivity (Wildman–Crippen MR) is 67.5 cm³/mol. The molecule has 0 saturated carbocycles. The summed E-state index contributed by atoms with van der Waals surface area (Å²) in [4.78, 5) is 0. The first-order chi connectivity index (χ1) is 8.16. The lowest BCUT2D eigenvalue weighted by Gasteiger charge is -2.10. The minimum atomic E-state index is -0.367. The van der Waals surface area contributed by atoms with Crippen LogP contribution in [-0.4, -0.2) is 21.0 Å². The zero-order valence-electron chi connectivity index (χ0n) is 10.1. The standard InChI is InChI=1S/C14H16N2O/c1-9-4-3-5-11-12(9)6-14-13(11)7-15-16(14)8-10(2)17/h3-4,6-7,10,17H,5,8H2,1-2H3. The summed E-state index contributed by atoms with van der Waals surface area (Å²) in [5, 5.41) is 16.2. The molecule has 3 nitrogen and oxygen atoms in total. The molecule has 2 aliphatic carbocycles. The highest BCUT2D eigenvalue weighted by Crippen LogP contribution is 2.27. The van der Waals surface area contributed by atoms with Gasteiger partial charge in [0, 0.05) is 5.22 Å². The first-order valence-corrected chi connectivity index (χ1v) is 5.99. The van der Waals surface area contributed by atoms with Gasteiger partial charge in [0.1, 0.15) is 0 Å². The second kappa shape index (κ2) is 3.70. The van der Waals surface area contributed by atoms with Crippen LogP contribution in [0.3, 0.4) is 0 Å². The quantitative estimate of drug-likeness (QED) is 0.800. The zero-order chi connectivity index (χ0) is 12.0. The molecule has 1 N–H and O–H groups in total. The highest BCUT2D eigenvalue weighted by molar-refractivity contribution is 5.85. The van der Waals surface area contributed by atoms with Crippen molar-refractivity contribution in [1.29, 1.82) is 0 Å². The van der Waals surface area contributed by atoms with E-state index >= 15 is 0 Å². The van der Waals surface area contributed by atoms with Crippen molar-refractivity contribution in [2.45, 2.75) is 32.9 Å². The van der Waals surface area contributed by atoms with E-state index in [-0.39, 0.29) is 6.10 Å². The summed E-state index contributed by atoms with van der Waals surface area (Å²) >= 11 is 0. The van der Waals surface area contributed by atoms with Gasteiger partial charge in [0.15, 0.2) is 0 Å². The van der Waals surface area contributed by atoms with Crippen molar-refractivity contribution in [2.75, 3.05) is 0 Å². The van der Waals surface area contributed by atoms with E-state index < -0.39 is 0 Å². The van der Waals surface area contributed by atoms with E-state index in [1.807, 2.05) is 10.9 Å². The Morgan fingerprint density at radius 3 is 3.12 bits per heavy atom. The van der Waals surface area contributed by atoms with Crippen LogP contribution < -0.4 is 10.6 Å². The minimum Gasteiger partial charge on any atom is -0.391 e. The van der Waals surface area contributed by atoms with Crippen LogP contribution in [0.4, 0.5) is 0 Å². The predicted octanol–water partition coefficient (Wildman–Crippen LogP) is 0.485. The molecule has 17 heavy (non-hydrogen) atoms. The molecule has 0 spiro atoms. The number of aliphatic hydroxyl groups is 1. The molecule has 1 aromatic heterocycles. The normalized spacial score (nSPS) is 19.1. The molecule has 1 unspecified atom stereocenters. The number of hydrogen-bond acceptors (Lipinski definition) is 2. The zero-order valence-corrected chi connectivity index (χ0v) is 10.1. The highest BCUT2D eigenvalue weighted by atomic mass is 16.3. The van der Waals surface area contributed by atoms with Gasteiger partial charge in [-0.15, -0.1) is 0 Å². The molecule has 0 aromatic carbocycles. The molecular formula is C14H16N2O. The van der Waals surface area contributed by atoms with Gasteiger partial charge < -0.3 is 5.11 Å². The second-order valence-electron chi connectivity index (χ2n) is 4.80. The van der Waals surface area contributed by atoms with Crippen molar-refractivity contribution in [2.24, 2.45) is 0 Å². The summed E-state index contributed by atoms with van der Waals surface area (Å²) in [5.41, 5.74) is 4.02. The molecule has 0 aliphatic heterocycles. The van der Waals surface area contributed by atoms with Crippen molar-refractivity contribution in [1.82, 2.24) is 9.78 Å². The maximum Gasteiger partial charge on any atom is 0.0708 e.